The smallest absolute Gasteiger partial charge is 0.223 e. The first-order valence-electron chi connectivity index (χ1n) is 6.21. The number of hydrogen-bond donors (Lipinski definition) is 2. The van der Waals surface area contributed by atoms with Crippen molar-refractivity contribution in [2.45, 2.75) is 25.7 Å². The molecule has 15 heavy (non-hydrogen) atoms. The highest BCUT2D eigenvalue weighted by Crippen LogP contribution is 2.69. The number of aliphatic hydroxyl groups is 1. The molecule has 0 aromatic heterocycles. The predicted molar refractivity (Wildman–Crippen MR) is 56.0 cm³/mol. The van der Waals surface area contributed by atoms with Crippen LogP contribution in [0.4, 0.5) is 0 Å². The van der Waals surface area contributed by atoms with E-state index in [-0.39, 0.29) is 12.5 Å². The molecular weight excluding hydrogens is 190 g/mol. The van der Waals surface area contributed by atoms with E-state index in [4.69, 9.17) is 5.11 Å². The quantitative estimate of drug-likeness (QED) is 0.672. The summed E-state index contributed by atoms with van der Waals surface area (Å²) in [4.78, 5) is 11.8. The van der Waals surface area contributed by atoms with Crippen molar-refractivity contribution in [1.82, 2.24) is 5.32 Å². The van der Waals surface area contributed by atoms with Crippen LogP contribution in [0, 0.1) is 29.6 Å². The van der Waals surface area contributed by atoms with E-state index < -0.39 is 0 Å². The van der Waals surface area contributed by atoms with Crippen LogP contribution < -0.4 is 5.32 Å². The van der Waals surface area contributed by atoms with Crippen molar-refractivity contribution >= 4 is 5.91 Å². The SMILES string of the molecule is O=C(NCCCO)C1C2C3CCC(C3)C12. The zero-order valence-corrected chi connectivity index (χ0v) is 8.98. The molecule has 0 radical (unpaired) electrons. The van der Waals surface area contributed by atoms with Gasteiger partial charge in [0.1, 0.15) is 0 Å². The maximum atomic E-state index is 11.8. The number of amides is 1. The lowest BCUT2D eigenvalue weighted by Crippen LogP contribution is -2.28. The maximum Gasteiger partial charge on any atom is 0.223 e. The summed E-state index contributed by atoms with van der Waals surface area (Å²) in [6.07, 6.45) is 4.81. The molecule has 0 aromatic carbocycles. The number of fused-ring (bicyclic) bond motifs is 5. The van der Waals surface area contributed by atoms with Gasteiger partial charge in [0.2, 0.25) is 5.91 Å². The Bertz CT molecular complexity index is 263. The van der Waals surface area contributed by atoms with Crippen molar-refractivity contribution in [2.24, 2.45) is 29.6 Å². The van der Waals surface area contributed by atoms with E-state index in [1.807, 2.05) is 0 Å². The molecule has 3 aliphatic rings. The average Bonchev–Trinajstić information content (AvgIpc) is 2.68. The van der Waals surface area contributed by atoms with E-state index >= 15 is 0 Å². The third-order valence-corrected chi connectivity index (χ3v) is 4.67. The zero-order valence-electron chi connectivity index (χ0n) is 8.98. The summed E-state index contributed by atoms with van der Waals surface area (Å²) in [5, 5.41) is 11.6. The van der Waals surface area contributed by atoms with Gasteiger partial charge in [0, 0.05) is 19.1 Å². The Morgan fingerprint density at radius 3 is 2.53 bits per heavy atom. The molecular formula is C12H19NO2. The van der Waals surface area contributed by atoms with E-state index in [0.717, 1.165) is 23.7 Å². The first kappa shape index (κ1) is 9.64. The molecule has 0 aromatic rings. The van der Waals surface area contributed by atoms with Crippen molar-refractivity contribution in [1.29, 1.82) is 0 Å². The predicted octanol–water partition coefficient (Wildman–Crippen LogP) is 0.777. The largest absolute Gasteiger partial charge is 0.396 e. The second-order valence-corrected chi connectivity index (χ2v) is 5.38. The van der Waals surface area contributed by atoms with E-state index in [0.29, 0.717) is 18.9 Å². The second kappa shape index (κ2) is 3.48. The molecule has 3 fully saturated rings. The number of carbonyl (C=O) groups excluding carboxylic acids is 1. The van der Waals surface area contributed by atoms with Gasteiger partial charge in [0.15, 0.2) is 0 Å². The van der Waals surface area contributed by atoms with Crippen molar-refractivity contribution in [2.75, 3.05) is 13.2 Å². The van der Waals surface area contributed by atoms with Crippen molar-refractivity contribution in [3.05, 3.63) is 0 Å². The molecule has 84 valence electrons. The Morgan fingerprint density at radius 2 is 1.93 bits per heavy atom. The number of carbonyl (C=O) groups is 1. The van der Waals surface area contributed by atoms with Crippen LogP contribution in [0.2, 0.25) is 0 Å². The molecule has 2 N–H and O–H groups in total. The van der Waals surface area contributed by atoms with Gasteiger partial charge in [-0.05, 0) is 49.4 Å². The molecule has 4 atom stereocenters. The van der Waals surface area contributed by atoms with Crippen LogP contribution in [-0.2, 0) is 4.79 Å². The highest BCUT2D eigenvalue weighted by Gasteiger charge is 2.67. The molecule has 3 nitrogen and oxygen atoms in total. The minimum Gasteiger partial charge on any atom is -0.396 e. The molecule has 3 rings (SSSR count). The molecule has 1 amide bonds. The summed E-state index contributed by atoms with van der Waals surface area (Å²) in [7, 11) is 0. The van der Waals surface area contributed by atoms with Crippen molar-refractivity contribution < 1.29 is 9.90 Å². The van der Waals surface area contributed by atoms with Crippen LogP contribution in [0.15, 0.2) is 0 Å². The van der Waals surface area contributed by atoms with Gasteiger partial charge in [-0.15, -0.1) is 0 Å². The van der Waals surface area contributed by atoms with Gasteiger partial charge in [-0.2, -0.15) is 0 Å². The van der Waals surface area contributed by atoms with Crippen LogP contribution in [0.25, 0.3) is 0 Å². The van der Waals surface area contributed by atoms with Crippen LogP contribution >= 0.6 is 0 Å². The molecule has 0 spiro atoms. The van der Waals surface area contributed by atoms with E-state index in [2.05, 4.69) is 5.32 Å². The van der Waals surface area contributed by atoms with Gasteiger partial charge in [-0.25, -0.2) is 0 Å². The van der Waals surface area contributed by atoms with Crippen LogP contribution in [-0.4, -0.2) is 24.2 Å². The Kier molecular flexibility index (Phi) is 2.23. The molecule has 2 bridgehead atoms. The Hall–Kier alpha value is -0.570. The van der Waals surface area contributed by atoms with Gasteiger partial charge < -0.3 is 10.4 Å². The topological polar surface area (TPSA) is 49.3 Å². The standard InChI is InChI=1S/C12H19NO2/c14-5-1-4-13-12(15)11-9-7-2-3-8(6-7)10(9)11/h7-11,14H,1-6H2,(H,13,15). The van der Waals surface area contributed by atoms with Crippen molar-refractivity contribution in [3.8, 4) is 0 Å². The normalized spacial score (nSPS) is 45.3. The number of hydrogen-bond acceptors (Lipinski definition) is 2. The molecule has 3 heteroatoms. The van der Waals surface area contributed by atoms with E-state index in [1.165, 1.54) is 19.3 Å². The number of rotatable bonds is 4. The highest BCUT2D eigenvalue weighted by atomic mass is 16.3. The summed E-state index contributed by atoms with van der Waals surface area (Å²) in [6.45, 7) is 0.809. The summed E-state index contributed by atoms with van der Waals surface area (Å²) in [5.74, 6) is 3.81. The Morgan fingerprint density at radius 1 is 1.27 bits per heavy atom. The lowest BCUT2D eigenvalue weighted by Gasteiger charge is -2.08. The Labute approximate surface area is 90.2 Å². The van der Waals surface area contributed by atoms with Gasteiger partial charge in [0.05, 0.1) is 0 Å². The fourth-order valence-electron chi connectivity index (χ4n) is 4.08. The monoisotopic (exact) mass is 209 g/mol. The Balaban J connectivity index is 1.52. The minimum absolute atomic E-state index is 0.170. The van der Waals surface area contributed by atoms with E-state index in [1.54, 1.807) is 0 Å². The molecule has 3 saturated carbocycles. The maximum absolute atomic E-state index is 11.8. The van der Waals surface area contributed by atoms with Gasteiger partial charge in [0.25, 0.3) is 0 Å². The third kappa shape index (κ3) is 1.40. The van der Waals surface area contributed by atoms with Gasteiger partial charge >= 0.3 is 0 Å². The molecule has 4 unspecified atom stereocenters. The second-order valence-electron chi connectivity index (χ2n) is 5.38. The van der Waals surface area contributed by atoms with Crippen LogP contribution in [0.5, 0.6) is 0 Å². The molecule has 0 saturated heterocycles. The van der Waals surface area contributed by atoms with Crippen molar-refractivity contribution in [3.63, 3.8) is 0 Å². The first-order valence-corrected chi connectivity index (χ1v) is 6.21. The van der Waals surface area contributed by atoms with Crippen LogP contribution in [0.1, 0.15) is 25.7 Å². The summed E-state index contributed by atoms with van der Waals surface area (Å²) >= 11 is 0. The first-order chi connectivity index (χ1) is 7.33. The van der Waals surface area contributed by atoms with E-state index in [9.17, 15) is 4.79 Å². The molecule has 0 aliphatic heterocycles. The lowest BCUT2D eigenvalue weighted by molar-refractivity contribution is -0.123. The fourth-order valence-corrected chi connectivity index (χ4v) is 4.08. The molecule has 0 heterocycles. The average molecular weight is 209 g/mol. The van der Waals surface area contributed by atoms with Gasteiger partial charge in [-0.3, -0.25) is 4.79 Å². The summed E-state index contributed by atoms with van der Waals surface area (Å²) in [6, 6.07) is 0. The minimum atomic E-state index is 0.170. The molecule has 3 aliphatic carbocycles. The summed E-state index contributed by atoms with van der Waals surface area (Å²) < 4.78 is 0. The number of aliphatic hydroxyl groups excluding tert-OH is 1. The highest BCUT2D eigenvalue weighted by molar-refractivity contribution is 5.82. The fraction of sp³-hybridized carbons (Fsp3) is 0.917. The van der Waals surface area contributed by atoms with Crippen LogP contribution in [0.3, 0.4) is 0 Å². The lowest BCUT2D eigenvalue weighted by atomic mass is 10.0. The zero-order chi connectivity index (χ0) is 10.4. The third-order valence-electron chi connectivity index (χ3n) is 4.67. The van der Waals surface area contributed by atoms with Gasteiger partial charge in [-0.1, -0.05) is 0 Å². The number of nitrogens with one attached hydrogen (secondary N) is 1. The summed E-state index contributed by atoms with van der Waals surface area (Å²) in [5.41, 5.74) is 0.